The van der Waals surface area contributed by atoms with E-state index in [1.165, 1.54) is 58.3 Å². The van der Waals surface area contributed by atoms with Crippen LogP contribution in [0.2, 0.25) is 20.1 Å². The normalized spacial score (nSPS) is 11.0. The molecule has 5 rings (SSSR count). The number of carbonyl (C=O) groups is 2. The van der Waals surface area contributed by atoms with Crippen molar-refractivity contribution >= 4 is 58.2 Å². The van der Waals surface area contributed by atoms with Crippen molar-refractivity contribution in [1.29, 1.82) is 0 Å². The van der Waals surface area contributed by atoms with Gasteiger partial charge in [0.05, 0.1) is 21.2 Å². The van der Waals surface area contributed by atoms with Crippen LogP contribution in [0.4, 0.5) is 8.78 Å². The fraction of sp³-hybridized carbons (Fsp3) is 0.111. The van der Waals surface area contributed by atoms with E-state index in [1.54, 1.807) is 48.5 Å². The van der Waals surface area contributed by atoms with Crippen LogP contribution in [0.5, 0.6) is 11.5 Å². The van der Waals surface area contributed by atoms with E-state index in [0.717, 1.165) is 0 Å². The lowest BCUT2D eigenvalue weighted by atomic mass is 10.1. The Morgan fingerprint density at radius 2 is 0.875 bits per heavy atom. The molecule has 48 heavy (non-hydrogen) atoms. The number of nitrogens with zero attached hydrogens (tertiary/aromatic N) is 2. The first kappa shape index (κ1) is 35.0. The van der Waals surface area contributed by atoms with Gasteiger partial charge in [-0.1, -0.05) is 94.9 Å². The first-order chi connectivity index (χ1) is 22.9. The number of hydrogen-bond donors (Lipinski definition) is 2. The van der Waals surface area contributed by atoms with Crippen molar-refractivity contribution in [3.8, 4) is 11.5 Å². The second-order valence-corrected chi connectivity index (χ2v) is 12.7. The largest absolute Gasteiger partial charge is 0.506 e. The summed E-state index contributed by atoms with van der Waals surface area (Å²) in [5, 5.41) is 21.3. The SMILES string of the molecule is O=C(c1cc(Cl)cc(Cl)c1O)N(Cc1ccc(F)cc1)Cc1cccc(CN(Cc2ccc(F)cc2)C(=O)c2cc(Cl)cc(Cl)c2O)c1. The Balaban J connectivity index is 1.47. The molecule has 6 nitrogen and oxygen atoms in total. The molecule has 5 aromatic carbocycles. The second kappa shape index (κ2) is 15.3. The number of hydrogen-bond acceptors (Lipinski definition) is 4. The van der Waals surface area contributed by atoms with E-state index in [9.17, 15) is 28.6 Å². The fourth-order valence-electron chi connectivity index (χ4n) is 5.09. The van der Waals surface area contributed by atoms with Crippen LogP contribution in [0.25, 0.3) is 0 Å². The highest BCUT2D eigenvalue weighted by Gasteiger charge is 2.24. The molecule has 2 amide bonds. The highest BCUT2D eigenvalue weighted by Crippen LogP contribution is 2.34. The Bertz CT molecular complexity index is 1840. The molecule has 0 saturated heterocycles. The summed E-state index contributed by atoms with van der Waals surface area (Å²) in [7, 11) is 0. The van der Waals surface area contributed by atoms with Crippen molar-refractivity contribution in [3.63, 3.8) is 0 Å². The third kappa shape index (κ3) is 8.57. The number of aromatic hydroxyl groups is 2. The summed E-state index contributed by atoms with van der Waals surface area (Å²) in [5.74, 6) is -2.87. The Morgan fingerprint density at radius 1 is 0.521 bits per heavy atom. The number of phenols is 2. The minimum Gasteiger partial charge on any atom is -0.506 e. The van der Waals surface area contributed by atoms with Crippen molar-refractivity contribution in [3.05, 3.63) is 162 Å². The van der Waals surface area contributed by atoms with Crippen LogP contribution in [0, 0.1) is 11.6 Å². The number of rotatable bonds is 10. The van der Waals surface area contributed by atoms with E-state index >= 15 is 0 Å². The Hall–Kier alpha value is -4.34. The number of carbonyl (C=O) groups excluding carboxylic acids is 2. The molecule has 12 heteroatoms. The summed E-state index contributed by atoms with van der Waals surface area (Å²) >= 11 is 24.5. The number of benzene rings is 5. The molecule has 0 radical (unpaired) electrons. The molecule has 0 aromatic heterocycles. The number of phenolic OH excluding ortho intramolecular Hbond substituents is 2. The van der Waals surface area contributed by atoms with Gasteiger partial charge in [-0.25, -0.2) is 8.78 Å². The van der Waals surface area contributed by atoms with Gasteiger partial charge >= 0.3 is 0 Å². The average molecular weight is 730 g/mol. The van der Waals surface area contributed by atoms with Gasteiger partial charge in [0.25, 0.3) is 11.8 Å². The molecular weight excluding hydrogens is 704 g/mol. The summed E-state index contributed by atoms with van der Waals surface area (Å²) in [5.41, 5.74) is 2.37. The molecule has 0 aliphatic carbocycles. The van der Waals surface area contributed by atoms with Gasteiger partial charge in [0.15, 0.2) is 0 Å². The van der Waals surface area contributed by atoms with Crippen molar-refractivity contribution in [2.75, 3.05) is 0 Å². The van der Waals surface area contributed by atoms with Gasteiger partial charge < -0.3 is 20.0 Å². The lowest BCUT2D eigenvalue weighted by Crippen LogP contribution is -2.31. The van der Waals surface area contributed by atoms with Crippen LogP contribution in [0.3, 0.4) is 0 Å². The minimum absolute atomic E-state index is 0.0459. The molecule has 0 fully saturated rings. The smallest absolute Gasteiger partial charge is 0.258 e. The molecule has 0 aliphatic heterocycles. The lowest BCUT2D eigenvalue weighted by Gasteiger charge is -2.26. The summed E-state index contributed by atoms with van der Waals surface area (Å²) < 4.78 is 27.3. The molecule has 0 unspecified atom stereocenters. The third-order valence-electron chi connectivity index (χ3n) is 7.40. The maximum atomic E-state index is 13.8. The Morgan fingerprint density at radius 3 is 1.25 bits per heavy atom. The molecule has 0 bridgehead atoms. The fourth-order valence-corrected chi connectivity index (χ4v) is 6.07. The maximum Gasteiger partial charge on any atom is 0.258 e. The summed E-state index contributed by atoms with van der Waals surface area (Å²) in [6.07, 6.45) is 0. The van der Waals surface area contributed by atoms with Crippen molar-refractivity contribution in [2.24, 2.45) is 0 Å². The molecule has 5 aromatic rings. The first-order valence-electron chi connectivity index (χ1n) is 14.4. The predicted molar refractivity (Wildman–Crippen MR) is 183 cm³/mol. The zero-order valence-corrected chi connectivity index (χ0v) is 28.0. The van der Waals surface area contributed by atoms with Crippen molar-refractivity contribution in [1.82, 2.24) is 9.80 Å². The monoisotopic (exact) mass is 728 g/mol. The number of halogens is 6. The van der Waals surface area contributed by atoms with E-state index in [1.807, 2.05) is 0 Å². The lowest BCUT2D eigenvalue weighted by molar-refractivity contribution is 0.0723. The van der Waals surface area contributed by atoms with Crippen LogP contribution in [0.15, 0.2) is 97.1 Å². The zero-order valence-electron chi connectivity index (χ0n) is 24.9. The van der Waals surface area contributed by atoms with Gasteiger partial charge in [0.1, 0.15) is 23.1 Å². The van der Waals surface area contributed by atoms with Crippen molar-refractivity contribution in [2.45, 2.75) is 26.2 Å². The Labute approximate surface area is 295 Å². The Kier molecular flexibility index (Phi) is 11.1. The van der Waals surface area contributed by atoms with E-state index in [0.29, 0.717) is 22.3 Å². The third-order valence-corrected chi connectivity index (χ3v) is 8.42. The van der Waals surface area contributed by atoms with Gasteiger partial charge in [0.2, 0.25) is 0 Å². The van der Waals surface area contributed by atoms with E-state index < -0.39 is 34.9 Å². The topological polar surface area (TPSA) is 81.1 Å². The van der Waals surface area contributed by atoms with E-state index in [2.05, 4.69) is 0 Å². The van der Waals surface area contributed by atoms with Gasteiger partial charge in [0, 0.05) is 36.2 Å². The highest BCUT2D eigenvalue weighted by atomic mass is 35.5. The standard InChI is InChI=1S/C36H26Cl4F2N2O4/c37-25-13-29(33(45)31(39)15-25)35(47)43(17-21-4-8-27(41)9-5-21)19-23-2-1-3-24(12-23)20-44(18-22-6-10-28(42)11-7-22)36(48)30-14-26(38)16-32(40)34(30)46/h1-16,45-46H,17-20H2. The quantitative estimate of drug-likeness (QED) is 0.150. The molecular formula is C36H26Cl4F2N2O4. The van der Waals surface area contributed by atoms with Gasteiger partial charge in [-0.2, -0.15) is 0 Å². The second-order valence-electron chi connectivity index (χ2n) is 11.0. The van der Waals surface area contributed by atoms with E-state index in [4.69, 9.17) is 46.4 Å². The minimum atomic E-state index is -0.576. The average Bonchev–Trinajstić information content (AvgIpc) is 3.05. The van der Waals surface area contributed by atoms with Crippen molar-refractivity contribution < 1.29 is 28.6 Å². The molecule has 0 spiro atoms. The van der Waals surface area contributed by atoms with Crippen LogP contribution in [0.1, 0.15) is 43.0 Å². The van der Waals surface area contributed by atoms with Gasteiger partial charge in [-0.3, -0.25) is 9.59 Å². The van der Waals surface area contributed by atoms with Crippen LogP contribution >= 0.6 is 46.4 Å². The number of amides is 2. The molecule has 2 N–H and O–H groups in total. The first-order valence-corrected chi connectivity index (χ1v) is 15.9. The molecule has 246 valence electrons. The molecule has 0 atom stereocenters. The van der Waals surface area contributed by atoms with Gasteiger partial charge in [-0.05, 0) is 70.8 Å². The van der Waals surface area contributed by atoms with E-state index in [-0.39, 0.29) is 57.4 Å². The highest BCUT2D eigenvalue weighted by molar-refractivity contribution is 6.37. The molecule has 0 aliphatic rings. The molecule has 0 saturated carbocycles. The summed E-state index contributed by atoms with van der Waals surface area (Å²) in [6.45, 7) is 0.197. The summed E-state index contributed by atoms with van der Waals surface area (Å²) in [6, 6.07) is 23.7. The van der Waals surface area contributed by atoms with Crippen LogP contribution in [-0.4, -0.2) is 31.8 Å². The zero-order chi connectivity index (χ0) is 34.5. The summed E-state index contributed by atoms with van der Waals surface area (Å²) in [4.78, 5) is 30.5. The van der Waals surface area contributed by atoms with Gasteiger partial charge in [-0.15, -0.1) is 0 Å². The predicted octanol–water partition coefficient (Wildman–Crippen LogP) is 9.67. The maximum absolute atomic E-state index is 13.8. The van der Waals surface area contributed by atoms with Crippen LogP contribution in [-0.2, 0) is 26.2 Å². The molecule has 0 heterocycles. The van der Waals surface area contributed by atoms with Crippen LogP contribution < -0.4 is 0 Å².